The van der Waals surface area contributed by atoms with Crippen LogP contribution in [0.25, 0.3) is 0 Å². The second kappa shape index (κ2) is 9.43. The van der Waals surface area contributed by atoms with E-state index in [2.05, 4.69) is 9.98 Å². The van der Waals surface area contributed by atoms with E-state index in [0.29, 0.717) is 11.1 Å². The first-order valence-electron chi connectivity index (χ1n) is 8.72. The van der Waals surface area contributed by atoms with E-state index >= 15 is 0 Å². The van der Waals surface area contributed by atoms with Crippen molar-refractivity contribution in [1.82, 2.24) is 0 Å². The molecule has 0 radical (unpaired) electrons. The first kappa shape index (κ1) is 21.5. The summed E-state index contributed by atoms with van der Waals surface area (Å²) in [6.45, 7) is 4.00. The van der Waals surface area contributed by atoms with Crippen molar-refractivity contribution in [2.45, 2.75) is 19.4 Å². The van der Waals surface area contributed by atoms with Crippen molar-refractivity contribution in [1.29, 1.82) is 0 Å². The maximum Gasteiger partial charge on any atom is 0.124 e. The summed E-state index contributed by atoms with van der Waals surface area (Å²) in [5.41, 5.74) is 2.50. The van der Waals surface area contributed by atoms with Crippen molar-refractivity contribution in [3.63, 3.8) is 0 Å². The van der Waals surface area contributed by atoms with Gasteiger partial charge in [-0.05, 0) is 44.2 Å². The summed E-state index contributed by atoms with van der Waals surface area (Å²) >= 11 is 0. The SMILES string of the molecule is CC(C)(N=Cc1ccccc1O)c1ccccc1N=Cc1ccccc1O.[Zn]. The van der Waals surface area contributed by atoms with Crippen LogP contribution in [0.4, 0.5) is 5.69 Å². The minimum Gasteiger partial charge on any atom is -0.507 e. The molecule has 0 saturated heterocycles. The van der Waals surface area contributed by atoms with Gasteiger partial charge in [0.1, 0.15) is 11.5 Å². The molecule has 138 valence electrons. The van der Waals surface area contributed by atoms with Crippen molar-refractivity contribution < 1.29 is 29.7 Å². The molecule has 0 unspecified atom stereocenters. The molecule has 4 nitrogen and oxygen atoms in total. The Hall–Kier alpha value is -2.78. The van der Waals surface area contributed by atoms with E-state index in [-0.39, 0.29) is 31.0 Å². The topological polar surface area (TPSA) is 65.2 Å². The smallest absolute Gasteiger partial charge is 0.124 e. The zero-order chi connectivity index (χ0) is 19.3. The third kappa shape index (κ3) is 5.14. The molecule has 5 heteroatoms. The van der Waals surface area contributed by atoms with Crippen molar-refractivity contribution in [3.8, 4) is 11.5 Å². The normalized spacial score (nSPS) is 11.6. The number of benzene rings is 3. The largest absolute Gasteiger partial charge is 0.507 e. The number of phenols is 2. The molecular formula is C23H22N2O2Zn. The number of aromatic hydroxyl groups is 2. The Bertz CT molecular complexity index is 997. The predicted octanol–water partition coefficient (Wildman–Crippen LogP) is 5.20. The molecule has 0 heterocycles. The van der Waals surface area contributed by atoms with Crippen LogP contribution in [0.5, 0.6) is 11.5 Å². The summed E-state index contributed by atoms with van der Waals surface area (Å²) in [6.07, 6.45) is 3.33. The van der Waals surface area contributed by atoms with E-state index in [1.54, 1.807) is 36.7 Å². The Morgan fingerprint density at radius 2 is 1.21 bits per heavy atom. The molecule has 3 aromatic rings. The van der Waals surface area contributed by atoms with Crippen molar-refractivity contribution >= 4 is 18.1 Å². The summed E-state index contributed by atoms with van der Waals surface area (Å²) in [4.78, 5) is 9.25. The first-order chi connectivity index (χ1) is 13.0. The van der Waals surface area contributed by atoms with Gasteiger partial charge in [-0.15, -0.1) is 0 Å². The number of nitrogens with zero attached hydrogens (tertiary/aromatic N) is 2. The number of hydrogen-bond acceptors (Lipinski definition) is 4. The van der Waals surface area contributed by atoms with Crippen LogP contribution in [-0.4, -0.2) is 22.6 Å². The summed E-state index contributed by atoms with van der Waals surface area (Å²) in [5.74, 6) is 0.387. The molecule has 28 heavy (non-hydrogen) atoms. The first-order valence-corrected chi connectivity index (χ1v) is 8.72. The zero-order valence-corrected chi connectivity index (χ0v) is 19.0. The average molecular weight is 424 g/mol. The molecule has 0 aromatic heterocycles. The third-order valence-electron chi connectivity index (χ3n) is 4.31. The van der Waals surface area contributed by atoms with Gasteiger partial charge < -0.3 is 10.2 Å². The molecule has 3 rings (SSSR count). The van der Waals surface area contributed by atoms with Gasteiger partial charge in [0.25, 0.3) is 0 Å². The molecule has 2 N–H and O–H groups in total. The van der Waals surface area contributed by atoms with Gasteiger partial charge in [0.15, 0.2) is 0 Å². The number of rotatable bonds is 5. The summed E-state index contributed by atoms with van der Waals surface area (Å²) < 4.78 is 0. The second-order valence-corrected chi connectivity index (χ2v) is 6.71. The molecule has 0 aliphatic carbocycles. The van der Waals surface area contributed by atoms with Crippen LogP contribution in [-0.2, 0) is 25.0 Å². The molecule has 0 amide bonds. The maximum atomic E-state index is 9.93. The number of aliphatic imine (C=N–C) groups is 2. The van der Waals surface area contributed by atoms with Gasteiger partial charge in [0, 0.05) is 48.6 Å². The number of hydrogen-bond donors (Lipinski definition) is 2. The fourth-order valence-corrected chi connectivity index (χ4v) is 2.74. The summed E-state index contributed by atoms with van der Waals surface area (Å²) in [7, 11) is 0. The van der Waals surface area contributed by atoms with Crippen LogP contribution in [0.3, 0.4) is 0 Å². The minimum absolute atomic E-state index is 0. The Labute approximate surface area is 178 Å². The molecule has 0 aliphatic rings. The van der Waals surface area contributed by atoms with E-state index in [1.165, 1.54) is 0 Å². The molecule has 3 aromatic carbocycles. The van der Waals surface area contributed by atoms with Gasteiger partial charge in [-0.25, -0.2) is 0 Å². The van der Waals surface area contributed by atoms with Gasteiger partial charge in [-0.2, -0.15) is 0 Å². The van der Waals surface area contributed by atoms with Crippen LogP contribution in [0.2, 0.25) is 0 Å². The van der Waals surface area contributed by atoms with E-state index in [9.17, 15) is 10.2 Å². The van der Waals surface area contributed by atoms with Crippen molar-refractivity contribution in [2.75, 3.05) is 0 Å². The average Bonchev–Trinajstić information content (AvgIpc) is 2.67. The van der Waals surface area contributed by atoms with Crippen molar-refractivity contribution in [2.24, 2.45) is 9.98 Å². The third-order valence-corrected chi connectivity index (χ3v) is 4.31. The van der Waals surface area contributed by atoms with Gasteiger partial charge in [0.2, 0.25) is 0 Å². The maximum absolute atomic E-state index is 9.93. The molecule has 0 spiro atoms. The Kier molecular flexibility index (Phi) is 7.25. The zero-order valence-electron chi connectivity index (χ0n) is 16.1. The fraction of sp³-hybridized carbons (Fsp3) is 0.130. The predicted molar refractivity (Wildman–Crippen MR) is 111 cm³/mol. The fourth-order valence-electron chi connectivity index (χ4n) is 2.74. The molecule has 0 atom stereocenters. The Morgan fingerprint density at radius 1 is 0.714 bits per heavy atom. The second-order valence-electron chi connectivity index (χ2n) is 6.71. The molecule has 0 fully saturated rings. The van der Waals surface area contributed by atoms with Crippen LogP contribution >= 0.6 is 0 Å². The van der Waals surface area contributed by atoms with Gasteiger partial charge in [-0.1, -0.05) is 42.5 Å². The molecule has 0 aliphatic heterocycles. The van der Waals surface area contributed by atoms with Crippen LogP contribution in [0.15, 0.2) is 82.8 Å². The van der Waals surface area contributed by atoms with Crippen LogP contribution in [0.1, 0.15) is 30.5 Å². The number of phenolic OH excluding ortho intramolecular Hbond substituents is 2. The Balaban J connectivity index is 0.00000280. The number of para-hydroxylation sites is 3. The monoisotopic (exact) mass is 422 g/mol. The van der Waals surface area contributed by atoms with Gasteiger partial charge in [-0.3, -0.25) is 9.98 Å². The van der Waals surface area contributed by atoms with E-state index < -0.39 is 5.54 Å². The summed E-state index contributed by atoms with van der Waals surface area (Å²) in [6, 6.07) is 21.9. The molecule has 0 bridgehead atoms. The quantitative estimate of drug-likeness (QED) is 0.437. The van der Waals surface area contributed by atoms with Crippen LogP contribution in [0, 0.1) is 0 Å². The van der Waals surface area contributed by atoms with E-state index in [0.717, 1.165) is 11.3 Å². The van der Waals surface area contributed by atoms with Crippen LogP contribution < -0.4 is 0 Å². The summed E-state index contributed by atoms with van der Waals surface area (Å²) in [5, 5.41) is 19.8. The van der Waals surface area contributed by atoms with E-state index in [4.69, 9.17) is 0 Å². The van der Waals surface area contributed by atoms with Gasteiger partial charge >= 0.3 is 0 Å². The van der Waals surface area contributed by atoms with E-state index in [1.807, 2.05) is 62.4 Å². The standard InChI is InChI=1S/C23H22N2O2.Zn/c1-23(2,25-16-18-10-4-8-14-22(18)27)19-11-5-6-12-20(19)24-15-17-9-3-7-13-21(17)26;/h3-16,26-27H,1-2H3;. The minimum atomic E-state index is -0.547. The molecular weight excluding hydrogens is 402 g/mol. The Morgan fingerprint density at radius 3 is 1.82 bits per heavy atom. The molecule has 0 saturated carbocycles. The van der Waals surface area contributed by atoms with Gasteiger partial charge in [0.05, 0.1) is 11.2 Å². The van der Waals surface area contributed by atoms with Crippen molar-refractivity contribution in [3.05, 3.63) is 89.5 Å².